The monoisotopic (exact) mass is 326 g/mol. The Morgan fingerprint density at radius 1 is 1.09 bits per heavy atom. The molecular weight excluding hydrogens is 312 g/mol. The number of aromatic nitrogens is 1. The summed E-state index contributed by atoms with van der Waals surface area (Å²) in [7, 11) is 0. The van der Waals surface area contributed by atoms with Gasteiger partial charge in [0.25, 0.3) is 5.91 Å². The van der Waals surface area contributed by atoms with E-state index in [0.29, 0.717) is 12.1 Å². The molecule has 5 nitrogen and oxygen atoms in total. The molecule has 0 saturated carbocycles. The largest absolute Gasteiger partial charge is 0.481 e. The maximum atomic E-state index is 12.3. The predicted octanol–water partition coefficient (Wildman–Crippen LogP) is 2.85. The van der Waals surface area contributed by atoms with Crippen molar-refractivity contribution in [2.45, 2.75) is 13.0 Å². The van der Waals surface area contributed by atoms with Gasteiger partial charge in [-0.1, -0.05) is 24.3 Å². The molecule has 3 rings (SSSR count). The fourth-order valence-corrected chi connectivity index (χ4v) is 3.14. The Kier molecular flexibility index (Phi) is 4.34. The number of thiophene rings is 1. The molecule has 0 unspecified atom stereocenters. The van der Waals surface area contributed by atoms with Crippen molar-refractivity contribution < 1.29 is 14.7 Å². The standard InChI is InChI=1S/C17H14N2O3S/c20-15(21)9-11-1-3-12(4-2-11)10-19-17(22)13-5-7-18-14-6-8-23-16(13)14/h1-8H,9-10H2,(H,19,22)(H,20,21). The molecule has 0 aliphatic heterocycles. The van der Waals surface area contributed by atoms with Crippen molar-refractivity contribution in [3.8, 4) is 0 Å². The molecule has 23 heavy (non-hydrogen) atoms. The summed E-state index contributed by atoms with van der Waals surface area (Å²) in [5.41, 5.74) is 3.10. The molecule has 0 fully saturated rings. The van der Waals surface area contributed by atoms with E-state index in [9.17, 15) is 9.59 Å². The normalized spacial score (nSPS) is 10.6. The SMILES string of the molecule is O=C(O)Cc1ccc(CNC(=O)c2ccnc3ccsc23)cc1. The van der Waals surface area contributed by atoms with E-state index in [1.165, 1.54) is 11.3 Å². The van der Waals surface area contributed by atoms with E-state index in [2.05, 4.69) is 10.3 Å². The van der Waals surface area contributed by atoms with Gasteiger partial charge in [0.05, 0.1) is 22.2 Å². The summed E-state index contributed by atoms with van der Waals surface area (Å²) in [5, 5.41) is 13.5. The summed E-state index contributed by atoms with van der Waals surface area (Å²) in [6.45, 7) is 0.390. The van der Waals surface area contributed by atoms with Crippen LogP contribution in [0.5, 0.6) is 0 Å². The fourth-order valence-electron chi connectivity index (χ4n) is 2.28. The van der Waals surface area contributed by atoms with E-state index in [-0.39, 0.29) is 12.3 Å². The predicted molar refractivity (Wildman–Crippen MR) is 88.6 cm³/mol. The number of amides is 1. The molecule has 116 valence electrons. The summed E-state index contributed by atoms with van der Waals surface area (Å²) in [5.74, 6) is -1.00. The number of hydrogen-bond donors (Lipinski definition) is 2. The molecule has 0 aliphatic carbocycles. The van der Waals surface area contributed by atoms with Crippen LogP contribution in [-0.4, -0.2) is 22.0 Å². The zero-order chi connectivity index (χ0) is 16.2. The second kappa shape index (κ2) is 6.58. The number of pyridine rings is 1. The average Bonchev–Trinajstić information content (AvgIpc) is 3.02. The van der Waals surface area contributed by atoms with Gasteiger partial charge in [0, 0.05) is 12.7 Å². The number of hydrogen-bond acceptors (Lipinski definition) is 4. The van der Waals surface area contributed by atoms with Crippen LogP contribution < -0.4 is 5.32 Å². The molecule has 0 spiro atoms. The number of rotatable bonds is 5. The van der Waals surface area contributed by atoms with Crippen molar-refractivity contribution in [3.05, 3.63) is 64.7 Å². The van der Waals surface area contributed by atoms with E-state index in [1.807, 2.05) is 23.6 Å². The van der Waals surface area contributed by atoms with Crippen molar-refractivity contribution in [3.63, 3.8) is 0 Å². The fraction of sp³-hybridized carbons (Fsp3) is 0.118. The summed E-state index contributed by atoms with van der Waals surface area (Å²) in [6.07, 6.45) is 1.63. The molecule has 3 aromatic rings. The molecule has 2 heterocycles. The number of fused-ring (bicyclic) bond motifs is 1. The number of nitrogens with zero attached hydrogens (tertiary/aromatic N) is 1. The van der Waals surface area contributed by atoms with Crippen molar-refractivity contribution >= 4 is 33.4 Å². The molecule has 1 aromatic carbocycles. The summed E-state index contributed by atoms with van der Waals surface area (Å²) in [4.78, 5) is 27.2. The van der Waals surface area contributed by atoms with Crippen LogP contribution in [0.2, 0.25) is 0 Å². The van der Waals surface area contributed by atoms with Crippen LogP contribution in [0, 0.1) is 0 Å². The third-order valence-corrected chi connectivity index (χ3v) is 4.36. The van der Waals surface area contributed by atoms with Crippen molar-refractivity contribution in [2.24, 2.45) is 0 Å². The topological polar surface area (TPSA) is 79.3 Å². The first-order chi connectivity index (χ1) is 11.1. The molecule has 1 amide bonds. The van der Waals surface area contributed by atoms with Crippen LogP contribution in [0.15, 0.2) is 48.0 Å². The van der Waals surface area contributed by atoms with E-state index in [1.54, 1.807) is 24.4 Å². The number of carboxylic acid groups (broad SMARTS) is 1. The number of carboxylic acids is 1. The maximum absolute atomic E-state index is 12.3. The average molecular weight is 326 g/mol. The van der Waals surface area contributed by atoms with Gasteiger partial charge in [0.15, 0.2) is 0 Å². The van der Waals surface area contributed by atoms with Gasteiger partial charge in [-0.15, -0.1) is 11.3 Å². The minimum absolute atomic E-state index is 0.0000144. The highest BCUT2D eigenvalue weighted by Gasteiger charge is 2.11. The second-order valence-corrected chi connectivity index (χ2v) is 5.98. The van der Waals surface area contributed by atoms with Crippen molar-refractivity contribution in [1.29, 1.82) is 0 Å². The Bertz CT molecular complexity index is 856. The lowest BCUT2D eigenvalue weighted by Gasteiger charge is -2.07. The highest BCUT2D eigenvalue weighted by Crippen LogP contribution is 2.22. The Labute approximate surface area is 136 Å². The van der Waals surface area contributed by atoms with Gasteiger partial charge < -0.3 is 10.4 Å². The summed E-state index contributed by atoms with van der Waals surface area (Å²) >= 11 is 1.49. The molecular formula is C17H14N2O3S. The van der Waals surface area contributed by atoms with Crippen molar-refractivity contribution in [2.75, 3.05) is 0 Å². The van der Waals surface area contributed by atoms with Crippen molar-refractivity contribution in [1.82, 2.24) is 10.3 Å². The van der Waals surface area contributed by atoms with Gasteiger partial charge in [-0.05, 0) is 28.6 Å². The van der Waals surface area contributed by atoms with Gasteiger partial charge >= 0.3 is 5.97 Å². The Morgan fingerprint density at radius 3 is 2.57 bits per heavy atom. The van der Waals surface area contributed by atoms with E-state index < -0.39 is 5.97 Å². The highest BCUT2D eigenvalue weighted by atomic mass is 32.1. The van der Waals surface area contributed by atoms with Crippen LogP contribution in [-0.2, 0) is 17.8 Å². The van der Waals surface area contributed by atoms with Crippen LogP contribution >= 0.6 is 11.3 Å². The molecule has 0 atom stereocenters. The lowest BCUT2D eigenvalue weighted by molar-refractivity contribution is -0.136. The zero-order valence-corrected chi connectivity index (χ0v) is 13.0. The first-order valence-electron chi connectivity index (χ1n) is 7.03. The quantitative estimate of drug-likeness (QED) is 0.755. The third-order valence-electron chi connectivity index (χ3n) is 3.42. The molecule has 0 aliphatic rings. The molecule has 0 radical (unpaired) electrons. The smallest absolute Gasteiger partial charge is 0.307 e. The Balaban J connectivity index is 1.67. The maximum Gasteiger partial charge on any atom is 0.307 e. The lowest BCUT2D eigenvalue weighted by Crippen LogP contribution is -2.22. The van der Waals surface area contributed by atoms with Crippen LogP contribution in [0.3, 0.4) is 0 Å². The zero-order valence-electron chi connectivity index (χ0n) is 12.2. The molecule has 2 N–H and O–H groups in total. The molecule has 0 saturated heterocycles. The van der Waals surface area contributed by atoms with E-state index >= 15 is 0 Å². The lowest BCUT2D eigenvalue weighted by atomic mass is 10.1. The van der Waals surface area contributed by atoms with Crippen LogP contribution in [0.1, 0.15) is 21.5 Å². The van der Waals surface area contributed by atoms with Gasteiger partial charge in [-0.3, -0.25) is 14.6 Å². The number of aliphatic carboxylic acids is 1. The summed E-state index contributed by atoms with van der Waals surface area (Å²) < 4.78 is 0.877. The molecule has 2 aromatic heterocycles. The van der Waals surface area contributed by atoms with Crippen LogP contribution in [0.4, 0.5) is 0 Å². The van der Waals surface area contributed by atoms with E-state index in [4.69, 9.17) is 5.11 Å². The first-order valence-corrected chi connectivity index (χ1v) is 7.91. The second-order valence-electron chi connectivity index (χ2n) is 5.06. The van der Waals surface area contributed by atoms with Gasteiger partial charge in [0.2, 0.25) is 0 Å². The number of carbonyl (C=O) groups is 2. The third kappa shape index (κ3) is 3.54. The Morgan fingerprint density at radius 2 is 1.83 bits per heavy atom. The van der Waals surface area contributed by atoms with Gasteiger partial charge in [-0.25, -0.2) is 0 Å². The Hall–Kier alpha value is -2.73. The molecule has 0 bridgehead atoms. The van der Waals surface area contributed by atoms with Gasteiger partial charge in [-0.2, -0.15) is 0 Å². The number of carbonyl (C=O) groups excluding carboxylic acids is 1. The van der Waals surface area contributed by atoms with E-state index in [0.717, 1.165) is 21.3 Å². The highest BCUT2D eigenvalue weighted by molar-refractivity contribution is 7.17. The van der Waals surface area contributed by atoms with Gasteiger partial charge in [0.1, 0.15) is 0 Å². The summed E-state index contributed by atoms with van der Waals surface area (Å²) in [6, 6.07) is 10.8. The molecule has 6 heteroatoms. The van der Waals surface area contributed by atoms with Crippen LogP contribution in [0.25, 0.3) is 10.2 Å². The number of nitrogens with one attached hydrogen (secondary N) is 1. The minimum atomic E-state index is -0.858. The number of benzene rings is 1. The first kappa shape index (κ1) is 15.2. The minimum Gasteiger partial charge on any atom is -0.481 e.